The Morgan fingerprint density at radius 3 is 2.60 bits per heavy atom. The number of hydrogen-bond donors (Lipinski definition) is 3. The van der Waals surface area contributed by atoms with Crippen molar-refractivity contribution in [1.82, 2.24) is 15.1 Å². The third kappa shape index (κ3) is 6.57. The predicted octanol–water partition coefficient (Wildman–Crippen LogP) is 1.06. The lowest BCUT2D eigenvalue weighted by Gasteiger charge is -2.28. The zero-order valence-electron chi connectivity index (χ0n) is 14.3. The van der Waals surface area contributed by atoms with E-state index >= 15 is 0 Å². The summed E-state index contributed by atoms with van der Waals surface area (Å²) in [5.74, 6) is -0.447. The van der Waals surface area contributed by atoms with Crippen LogP contribution in [-0.2, 0) is 17.5 Å². The summed E-state index contributed by atoms with van der Waals surface area (Å²) in [6.07, 6.45) is 0.177. The standard InChI is InChI=1S/C15H23F3N6O/c1-14(2,9-24-8-11(7-22-24)15(16,17)18)23-13(25)12(20)4-10(5-19)6-21-3/h5-8,12H,4,9,19-20H2,1-3H3,(H,23,25)/b10-5-,21-6?/t12-/m1/s1. The first-order chi connectivity index (χ1) is 11.5. The van der Waals surface area contributed by atoms with Gasteiger partial charge in [-0.2, -0.15) is 18.3 Å². The van der Waals surface area contributed by atoms with Crippen LogP contribution in [0.5, 0.6) is 0 Å². The highest BCUT2D eigenvalue weighted by molar-refractivity contribution is 5.85. The van der Waals surface area contributed by atoms with E-state index in [4.69, 9.17) is 11.5 Å². The number of hydrogen-bond acceptors (Lipinski definition) is 5. The molecule has 0 unspecified atom stereocenters. The molecular formula is C15H23F3N6O. The highest BCUT2D eigenvalue weighted by atomic mass is 19.4. The Labute approximate surface area is 144 Å². The summed E-state index contributed by atoms with van der Waals surface area (Å²) >= 11 is 0. The molecule has 1 amide bonds. The summed E-state index contributed by atoms with van der Waals surface area (Å²) < 4.78 is 38.9. The molecule has 1 heterocycles. The molecule has 0 aliphatic heterocycles. The third-order valence-corrected chi connectivity index (χ3v) is 3.28. The fourth-order valence-corrected chi connectivity index (χ4v) is 2.14. The van der Waals surface area contributed by atoms with Crippen molar-refractivity contribution in [2.45, 2.75) is 44.6 Å². The molecule has 0 saturated carbocycles. The minimum absolute atomic E-state index is 0.0531. The number of carbonyl (C=O) groups excluding carboxylic acids is 1. The van der Waals surface area contributed by atoms with E-state index in [1.807, 2.05) is 0 Å². The molecule has 7 nitrogen and oxygen atoms in total. The number of carbonyl (C=O) groups is 1. The van der Waals surface area contributed by atoms with Crippen LogP contribution in [0.1, 0.15) is 25.8 Å². The second-order valence-corrected chi connectivity index (χ2v) is 6.24. The van der Waals surface area contributed by atoms with E-state index in [0.717, 1.165) is 17.1 Å². The summed E-state index contributed by atoms with van der Waals surface area (Å²) in [5.41, 5.74) is 10.2. The van der Waals surface area contributed by atoms with Gasteiger partial charge in [-0.05, 0) is 32.0 Å². The first-order valence-electron chi connectivity index (χ1n) is 7.48. The molecule has 10 heteroatoms. The molecule has 1 aromatic rings. The number of halogens is 3. The van der Waals surface area contributed by atoms with E-state index in [0.29, 0.717) is 5.57 Å². The Balaban J connectivity index is 2.70. The smallest absolute Gasteiger partial charge is 0.404 e. The number of nitrogens with zero attached hydrogens (tertiary/aromatic N) is 3. The van der Waals surface area contributed by atoms with Gasteiger partial charge in [0, 0.05) is 19.5 Å². The van der Waals surface area contributed by atoms with Gasteiger partial charge in [-0.1, -0.05) is 0 Å². The summed E-state index contributed by atoms with van der Waals surface area (Å²) in [7, 11) is 1.57. The second kappa shape index (κ2) is 8.15. The predicted molar refractivity (Wildman–Crippen MR) is 88.7 cm³/mol. The average Bonchev–Trinajstić information content (AvgIpc) is 2.93. The Kier molecular flexibility index (Phi) is 6.74. The summed E-state index contributed by atoms with van der Waals surface area (Å²) in [6, 6.07) is -0.865. The van der Waals surface area contributed by atoms with Crippen LogP contribution in [-0.4, -0.2) is 40.5 Å². The number of alkyl halides is 3. The van der Waals surface area contributed by atoms with Crippen molar-refractivity contribution < 1.29 is 18.0 Å². The minimum Gasteiger partial charge on any atom is -0.404 e. The second-order valence-electron chi connectivity index (χ2n) is 6.24. The van der Waals surface area contributed by atoms with E-state index in [2.05, 4.69) is 15.4 Å². The van der Waals surface area contributed by atoms with E-state index in [-0.39, 0.29) is 13.0 Å². The number of aromatic nitrogens is 2. The molecule has 0 aliphatic rings. The minimum atomic E-state index is -4.46. The zero-order chi connectivity index (χ0) is 19.3. The Hall–Kier alpha value is -2.36. The van der Waals surface area contributed by atoms with Crippen LogP contribution < -0.4 is 16.8 Å². The van der Waals surface area contributed by atoms with Gasteiger partial charge in [0.05, 0.1) is 29.9 Å². The zero-order valence-corrected chi connectivity index (χ0v) is 14.3. The normalized spacial score (nSPS) is 14.8. The fraction of sp³-hybridized carbons (Fsp3) is 0.533. The average molecular weight is 360 g/mol. The number of nitrogens with one attached hydrogen (secondary N) is 1. The van der Waals surface area contributed by atoms with Crippen LogP contribution in [0.3, 0.4) is 0 Å². The number of amides is 1. The molecule has 1 aromatic heterocycles. The lowest BCUT2D eigenvalue weighted by atomic mass is 10.0. The molecule has 0 spiro atoms. The summed E-state index contributed by atoms with van der Waals surface area (Å²) in [4.78, 5) is 16.0. The molecule has 25 heavy (non-hydrogen) atoms. The van der Waals surface area contributed by atoms with E-state index in [9.17, 15) is 18.0 Å². The molecule has 0 fully saturated rings. The first-order valence-corrected chi connectivity index (χ1v) is 7.48. The fourth-order valence-electron chi connectivity index (χ4n) is 2.14. The van der Waals surface area contributed by atoms with Gasteiger partial charge in [-0.3, -0.25) is 14.5 Å². The molecular weight excluding hydrogens is 337 g/mol. The largest absolute Gasteiger partial charge is 0.419 e. The monoisotopic (exact) mass is 360 g/mol. The van der Waals surface area contributed by atoms with Crippen molar-refractivity contribution in [3.63, 3.8) is 0 Å². The Bertz CT molecular complexity index is 648. The van der Waals surface area contributed by atoms with Gasteiger partial charge in [-0.25, -0.2) is 0 Å². The van der Waals surface area contributed by atoms with Crippen molar-refractivity contribution in [3.05, 3.63) is 29.7 Å². The maximum absolute atomic E-state index is 12.6. The third-order valence-electron chi connectivity index (χ3n) is 3.28. The first kappa shape index (κ1) is 20.7. The molecule has 5 N–H and O–H groups in total. The molecule has 1 rings (SSSR count). The van der Waals surface area contributed by atoms with Crippen LogP contribution >= 0.6 is 0 Å². The quantitative estimate of drug-likeness (QED) is 0.631. The summed E-state index contributed by atoms with van der Waals surface area (Å²) in [6.45, 7) is 3.39. The van der Waals surface area contributed by atoms with Gasteiger partial charge >= 0.3 is 6.18 Å². The SMILES string of the molecule is CN=C/C(=C\N)C[C@@H](N)C(=O)NC(C)(C)Cn1cc(C(F)(F)F)cn1. The van der Waals surface area contributed by atoms with Gasteiger partial charge < -0.3 is 16.8 Å². The Morgan fingerprint density at radius 2 is 2.12 bits per heavy atom. The van der Waals surface area contributed by atoms with Crippen LogP contribution in [0.2, 0.25) is 0 Å². The van der Waals surface area contributed by atoms with Crippen molar-refractivity contribution in [1.29, 1.82) is 0 Å². The molecule has 0 aromatic carbocycles. The molecule has 0 saturated heterocycles. The van der Waals surface area contributed by atoms with Crippen molar-refractivity contribution in [3.8, 4) is 0 Å². The van der Waals surface area contributed by atoms with E-state index in [1.165, 1.54) is 12.4 Å². The molecule has 1 atom stereocenters. The highest BCUT2D eigenvalue weighted by Crippen LogP contribution is 2.28. The van der Waals surface area contributed by atoms with E-state index < -0.39 is 29.2 Å². The maximum Gasteiger partial charge on any atom is 0.419 e. The molecule has 0 aliphatic carbocycles. The lowest BCUT2D eigenvalue weighted by Crippen LogP contribution is -2.52. The van der Waals surface area contributed by atoms with Crippen LogP contribution in [0, 0.1) is 0 Å². The summed E-state index contributed by atoms with van der Waals surface area (Å²) in [5, 5.41) is 6.38. The maximum atomic E-state index is 12.6. The number of rotatable bonds is 7. The Morgan fingerprint density at radius 1 is 1.48 bits per heavy atom. The van der Waals surface area contributed by atoms with E-state index in [1.54, 1.807) is 20.9 Å². The molecule has 0 bridgehead atoms. The van der Waals surface area contributed by atoms with Crippen LogP contribution in [0.25, 0.3) is 0 Å². The molecule has 140 valence electrons. The van der Waals surface area contributed by atoms with Gasteiger partial charge in [0.1, 0.15) is 0 Å². The van der Waals surface area contributed by atoms with Crippen LogP contribution in [0.4, 0.5) is 13.2 Å². The van der Waals surface area contributed by atoms with Crippen LogP contribution in [0.15, 0.2) is 29.2 Å². The van der Waals surface area contributed by atoms with Gasteiger partial charge in [0.25, 0.3) is 0 Å². The number of nitrogens with two attached hydrogens (primary N) is 2. The number of aliphatic imine (C=N–C) groups is 1. The van der Waals surface area contributed by atoms with Gasteiger partial charge in [0.2, 0.25) is 5.91 Å². The van der Waals surface area contributed by atoms with Gasteiger partial charge in [0.15, 0.2) is 0 Å². The topological polar surface area (TPSA) is 111 Å². The van der Waals surface area contributed by atoms with Crippen molar-refractivity contribution in [2.24, 2.45) is 16.5 Å². The van der Waals surface area contributed by atoms with Crippen molar-refractivity contribution in [2.75, 3.05) is 7.05 Å². The van der Waals surface area contributed by atoms with Crippen molar-refractivity contribution >= 4 is 12.1 Å². The van der Waals surface area contributed by atoms with Gasteiger partial charge in [-0.15, -0.1) is 0 Å². The lowest BCUT2D eigenvalue weighted by molar-refractivity contribution is -0.137. The molecule has 0 radical (unpaired) electrons. The highest BCUT2D eigenvalue weighted by Gasteiger charge is 2.33.